The van der Waals surface area contributed by atoms with Crippen LogP contribution in [0.1, 0.15) is 11.1 Å². The van der Waals surface area contributed by atoms with E-state index in [1.807, 2.05) is 5.01 Å². The summed E-state index contributed by atoms with van der Waals surface area (Å²) in [5.74, 6) is 0.207. The van der Waals surface area contributed by atoms with Crippen LogP contribution in [0.4, 0.5) is 5.69 Å². The number of rotatable bonds is 7. The number of benzene rings is 2. The molecule has 3 rings (SSSR count). The number of nitrogens with zero attached hydrogens (tertiary/aromatic N) is 5. The number of nitriles is 1. The average molecular weight is 399 g/mol. The van der Waals surface area contributed by atoms with Crippen LogP contribution in [0, 0.1) is 11.3 Å². The van der Waals surface area contributed by atoms with E-state index in [1.54, 1.807) is 41.1 Å². The van der Waals surface area contributed by atoms with Crippen molar-refractivity contribution in [2.75, 3.05) is 12.1 Å². The maximum atomic E-state index is 11.2. The zero-order chi connectivity index (χ0) is 20.1. The van der Waals surface area contributed by atoms with Gasteiger partial charge in [-0.05, 0) is 42.0 Å². The minimum absolute atomic E-state index is 0.0111. The van der Waals surface area contributed by atoms with E-state index in [9.17, 15) is 8.42 Å². The lowest BCUT2D eigenvalue weighted by Crippen LogP contribution is -2.27. The van der Waals surface area contributed by atoms with Crippen molar-refractivity contribution in [1.82, 2.24) is 14.9 Å². The van der Waals surface area contributed by atoms with Gasteiger partial charge in [-0.25, -0.2) is 4.68 Å². The minimum atomic E-state index is -4.17. The molecular weight excluding hydrogens is 383 g/mol. The first-order valence-electron chi connectivity index (χ1n) is 7.91. The van der Waals surface area contributed by atoms with Crippen molar-refractivity contribution in [3.8, 4) is 17.6 Å². The molecule has 1 heterocycles. The lowest BCUT2D eigenvalue weighted by Gasteiger charge is -2.25. The Bertz CT molecular complexity index is 1090. The molecule has 10 nitrogen and oxygen atoms in total. The van der Waals surface area contributed by atoms with Gasteiger partial charge in [-0.15, -0.1) is 10.2 Å². The molecule has 3 aromatic rings. The number of nitrogens with two attached hydrogens (primary N) is 1. The van der Waals surface area contributed by atoms with Gasteiger partial charge < -0.3 is 8.92 Å². The van der Waals surface area contributed by atoms with E-state index < -0.39 is 10.3 Å². The quantitative estimate of drug-likeness (QED) is 0.626. The number of anilines is 1. The highest BCUT2D eigenvalue weighted by atomic mass is 32.2. The molecule has 2 aromatic carbocycles. The van der Waals surface area contributed by atoms with Crippen molar-refractivity contribution in [3.05, 3.63) is 66.2 Å². The molecule has 0 fully saturated rings. The zero-order valence-electron chi connectivity index (χ0n) is 14.8. The summed E-state index contributed by atoms with van der Waals surface area (Å²) >= 11 is 0. The van der Waals surface area contributed by atoms with E-state index in [0.717, 1.165) is 11.3 Å². The number of methoxy groups -OCH3 is 1. The second kappa shape index (κ2) is 7.95. The zero-order valence-corrected chi connectivity index (χ0v) is 15.6. The second-order valence-electron chi connectivity index (χ2n) is 5.62. The predicted octanol–water partition coefficient (Wildman–Crippen LogP) is 1.21. The highest BCUT2D eigenvalue weighted by Crippen LogP contribution is 2.30. The Morgan fingerprint density at radius 3 is 2.39 bits per heavy atom. The molecule has 0 aliphatic heterocycles. The Morgan fingerprint density at radius 1 is 1.14 bits per heavy atom. The van der Waals surface area contributed by atoms with Gasteiger partial charge in [-0.1, -0.05) is 6.07 Å². The Hall–Kier alpha value is -3.62. The first-order chi connectivity index (χ1) is 13.4. The average Bonchev–Trinajstić information content (AvgIpc) is 3.20. The molecule has 2 N–H and O–H groups in total. The first kappa shape index (κ1) is 19.2. The smallest absolute Gasteiger partial charge is 0.380 e. The molecule has 28 heavy (non-hydrogen) atoms. The number of hydrogen-bond acceptors (Lipinski definition) is 8. The van der Waals surface area contributed by atoms with E-state index in [4.69, 9.17) is 19.3 Å². The normalized spacial score (nSPS) is 10.9. The monoisotopic (exact) mass is 399 g/mol. The van der Waals surface area contributed by atoms with Crippen LogP contribution >= 0.6 is 0 Å². The minimum Gasteiger partial charge on any atom is -0.493 e. The standard InChI is InChI=1S/C17H16N6O4S/c1-26-17-8-14(4-7-16(17)27-28(19,24)25)10-23(22-11-20-21-12-22)15-5-2-13(9-18)3-6-15/h2-8,11-12H,10H2,1H3,(H2,19,24,25)/i1-1. The summed E-state index contributed by atoms with van der Waals surface area (Å²) in [5, 5.41) is 23.4. The molecule has 1 aromatic heterocycles. The molecule has 0 atom stereocenters. The van der Waals surface area contributed by atoms with Crippen LogP contribution in [0.2, 0.25) is 0 Å². The molecule has 144 valence electrons. The molecule has 0 spiro atoms. The number of ether oxygens (including phenoxy) is 1. The maximum Gasteiger partial charge on any atom is 0.380 e. The molecule has 0 unspecified atom stereocenters. The molecule has 0 amide bonds. The maximum absolute atomic E-state index is 11.2. The predicted molar refractivity (Wildman–Crippen MR) is 99.5 cm³/mol. The van der Waals surface area contributed by atoms with Crippen LogP contribution in [-0.4, -0.2) is 30.4 Å². The van der Waals surface area contributed by atoms with Gasteiger partial charge in [0.15, 0.2) is 11.5 Å². The van der Waals surface area contributed by atoms with Gasteiger partial charge in [0.25, 0.3) is 0 Å². The van der Waals surface area contributed by atoms with E-state index in [2.05, 4.69) is 16.3 Å². The Labute approximate surface area is 161 Å². The van der Waals surface area contributed by atoms with Gasteiger partial charge in [0.2, 0.25) is 0 Å². The molecule has 0 bridgehead atoms. The van der Waals surface area contributed by atoms with Crippen molar-refractivity contribution in [1.29, 1.82) is 5.26 Å². The van der Waals surface area contributed by atoms with Crippen LogP contribution in [0.25, 0.3) is 0 Å². The third-order valence-electron chi connectivity index (χ3n) is 3.75. The number of aromatic nitrogens is 3. The molecule has 0 aliphatic rings. The van der Waals surface area contributed by atoms with Gasteiger partial charge >= 0.3 is 10.3 Å². The largest absolute Gasteiger partial charge is 0.493 e. The molecule has 11 heteroatoms. The summed E-state index contributed by atoms with van der Waals surface area (Å²) in [4.78, 5) is 0. The van der Waals surface area contributed by atoms with Gasteiger partial charge in [-0.3, -0.25) is 5.01 Å². The lowest BCUT2D eigenvalue weighted by atomic mass is 10.1. The third kappa shape index (κ3) is 4.56. The van der Waals surface area contributed by atoms with Gasteiger partial charge in [0.1, 0.15) is 12.7 Å². The van der Waals surface area contributed by atoms with Crippen LogP contribution < -0.4 is 19.1 Å². The second-order valence-corrected chi connectivity index (χ2v) is 6.77. The summed E-state index contributed by atoms with van der Waals surface area (Å²) < 4.78 is 34.0. The van der Waals surface area contributed by atoms with Crippen LogP contribution in [0.5, 0.6) is 11.5 Å². The van der Waals surface area contributed by atoms with E-state index in [0.29, 0.717) is 12.1 Å². The van der Waals surface area contributed by atoms with Crippen LogP contribution in [0.3, 0.4) is 0 Å². The van der Waals surface area contributed by atoms with E-state index in [1.165, 1.54) is 25.8 Å². The van der Waals surface area contributed by atoms with E-state index >= 15 is 0 Å². The van der Waals surface area contributed by atoms with Crippen molar-refractivity contribution in [2.45, 2.75) is 6.54 Å². The Kier molecular flexibility index (Phi) is 5.44. The summed E-state index contributed by atoms with van der Waals surface area (Å²) in [6.45, 7) is 0.371. The highest BCUT2D eigenvalue weighted by molar-refractivity contribution is 7.84. The summed E-state index contributed by atoms with van der Waals surface area (Å²) in [6, 6.07) is 13.9. The fraction of sp³-hybridized carbons (Fsp3) is 0.118. The van der Waals surface area contributed by atoms with E-state index in [-0.39, 0.29) is 11.5 Å². The Balaban J connectivity index is 1.93. The molecule has 0 aliphatic carbocycles. The summed E-state index contributed by atoms with van der Waals surface area (Å²) in [6.07, 6.45) is 3.07. The fourth-order valence-electron chi connectivity index (χ4n) is 2.51. The van der Waals surface area contributed by atoms with Gasteiger partial charge in [-0.2, -0.15) is 18.8 Å². The van der Waals surface area contributed by atoms with Crippen molar-refractivity contribution in [3.63, 3.8) is 0 Å². The van der Waals surface area contributed by atoms with Gasteiger partial charge in [0, 0.05) is 0 Å². The molecule has 0 radical (unpaired) electrons. The fourth-order valence-corrected chi connectivity index (χ4v) is 2.90. The third-order valence-corrected chi connectivity index (χ3v) is 4.16. The topological polar surface area (TPSA) is 136 Å². The summed E-state index contributed by atoms with van der Waals surface area (Å²) in [5.41, 5.74) is 2.12. The van der Waals surface area contributed by atoms with Crippen molar-refractivity contribution < 1.29 is 17.3 Å². The highest BCUT2D eigenvalue weighted by Gasteiger charge is 2.15. The van der Waals surface area contributed by atoms with Crippen molar-refractivity contribution in [2.24, 2.45) is 5.14 Å². The van der Waals surface area contributed by atoms with Crippen LogP contribution in [-0.2, 0) is 16.8 Å². The molecular formula is C17H16N6O4S. The number of hydrogen-bond donors (Lipinski definition) is 1. The summed E-state index contributed by atoms with van der Waals surface area (Å²) in [7, 11) is -2.77. The SMILES string of the molecule is [11CH3]Oc1cc(CN(c2ccc(C#N)cc2)n2cnnc2)ccc1OS(N)(=O)=O. The van der Waals surface area contributed by atoms with Crippen LogP contribution in [0.15, 0.2) is 55.1 Å². The Morgan fingerprint density at radius 2 is 1.82 bits per heavy atom. The van der Waals surface area contributed by atoms with Gasteiger partial charge in [0.05, 0.1) is 31.0 Å². The lowest BCUT2D eigenvalue weighted by molar-refractivity contribution is 0.390. The van der Waals surface area contributed by atoms with Crippen molar-refractivity contribution >= 4 is 16.0 Å². The molecule has 0 saturated carbocycles. The molecule has 0 saturated heterocycles. The first-order valence-corrected chi connectivity index (χ1v) is 9.38.